The largest absolute Gasteiger partial charge is 0.433 e. The number of aromatic nitrogens is 1. The number of rotatable bonds is 2. The molecule has 0 aliphatic rings. The van der Waals surface area contributed by atoms with Gasteiger partial charge in [-0.15, -0.1) is 0 Å². The summed E-state index contributed by atoms with van der Waals surface area (Å²) in [5, 5.41) is 0. The molecule has 8 heteroatoms. The van der Waals surface area contributed by atoms with Gasteiger partial charge >= 0.3 is 6.18 Å². The lowest BCUT2D eigenvalue weighted by Crippen LogP contribution is -2.11. The second-order valence-corrected chi connectivity index (χ2v) is 3.47. The van der Waals surface area contributed by atoms with Crippen molar-refractivity contribution in [2.24, 2.45) is 0 Å². The number of nitrogens with zero attached hydrogens (tertiary/aromatic N) is 1. The van der Waals surface area contributed by atoms with E-state index in [9.17, 15) is 26.7 Å². The molecule has 0 aliphatic carbocycles. The van der Waals surface area contributed by atoms with Crippen molar-refractivity contribution in [1.82, 2.24) is 4.98 Å². The van der Waals surface area contributed by atoms with Crippen LogP contribution in [0.25, 0.3) is 0 Å². The third-order valence-corrected chi connectivity index (χ3v) is 2.29. The number of hydrogen-bond acceptors (Lipinski definition) is 2. The van der Waals surface area contributed by atoms with E-state index in [2.05, 4.69) is 20.9 Å². The van der Waals surface area contributed by atoms with Crippen molar-refractivity contribution < 1.29 is 26.7 Å². The highest BCUT2D eigenvalue weighted by Crippen LogP contribution is 2.34. The quantitative estimate of drug-likeness (QED) is 0.474. The van der Waals surface area contributed by atoms with Crippen LogP contribution in [0.4, 0.5) is 22.0 Å². The van der Waals surface area contributed by atoms with Gasteiger partial charge in [0.25, 0.3) is 6.43 Å². The summed E-state index contributed by atoms with van der Waals surface area (Å²) in [6.07, 6.45) is -7.99. The van der Waals surface area contributed by atoms with E-state index >= 15 is 0 Å². The summed E-state index contributed by atoms with van der Waals surface area (Å²) in [6.45, 7) is 0. The molecule has 0 radical (unpaired) electrons. The maximum absolute atomic E-state index is 12.4. The molecular weight excluding hydrogens is 301 g/mol. The number of alkyl halides is 5. The Kier molecular flexibility index (Phi) is 3.61. The van der Waals surface area contributed by atoms with E-state index in [0.717, 1.165) is 0 Å². The third-order valence-electron chi connectivity index (χ3n) is 1.69. The summed E-state index contributed by atoms with van der Waals surface area (Å²) in [7, 11) is 0. The van der Waals surface area contributed by atoms with Crippen molar-refractivity contribution in [3.8, 4) is 0 Å². The Morgan fingerprint density at radius 1 is 1.38 bits per heavy atom. The summed E-state index contributed by atoms with van der Waals surface area (Å²) in [5.74, 6) is 0. The summed E-state index contributed by atoms with van der Waals surface area (Å²) >= 11 is 2.54. The summed E-state index contributed by atoms with van der Waals surface area (Å²) in [4.78, 5) is 13.4. The molecular formula is C8H3BrF5NO. The first-order chi connectivity index (χ1) is 7.27. The number of aldehydes is 1. The predicted molar refractivity (Wildman–Crippen MR) is 47.3 cm³/mol. The first kappa shape index (κ1) is 13.0. The van der Waals surface area contributed by atoms with Gasteiger partial charge in [0, 0.05) is 5.56 Å². The molecule has 88 valence electrons. The topological polar surface area (TPSA) is 30.0 Å². The van der Waals surface area contributed by atoms with Gasteiger partial charge in [-0.3, -0.25) is 4.79 Å². The number of halogens is 6. The number of hydrogen-bond donors (Lipinski definition) is 0. The Morgan fingerprint density at radius 2 is 1.94 bits per heavy atom. The Hall–Kier alpha value is -1.05. The minimum absolute atomic E-state index is 0.0265. The van der Waals surface area contributed by atoms with E-state index in [1.165, 1.54) is 0 Å². The monoisotopic (exact) mass is 303 g/mol. The summed E-state index contributed by atoms with van der Waals surface area (Å²) in [5.41, 5.74) is -3.05. The maximum Gasteiger partial charge on any atom is 0.433 e. The van der Waals surface area contributed by atoms with Crippen LogP contribution in [0, 0.1) is 0 Å². The summed E-state index contributed by atoms with van der Waals surface area (Å²) in [6, 6.07) is 0.166. The van der Waals surface area contributed by atoms with Crippen LogP contribution in [0.15, 0.2) is 10.7 Å². The van der Waals surface area contributed by atoms with Crippen molar-refractivity contribution >= 4 is 22.2 Å². The van der Waals surface area contributed by atoms with Crippen LogP contribution in [0.1, 0.15) is 28.0 Å². The maximum atomic E-state index is 12.4. The van der Waals surface area contributed by atoms with Crippen LogP contribution >= 0.6 is 15.9 Å². The fraction of sp³-hybridized carbons (Fsp3) is 0.250. The molecule has 0 aromatic carbocycles. The normalized spacial score (nSPS) is 11.9. The molecule has 1 aromatic rings. The lowest BCUT2D eigenvalue weighted by Gasteiger charge is -2.10. The Balaban J connectivity index is 3.46. The van der Waals surface area contributed by atoms with E-state index in [-0.39, 0.29) is 12.4 Å². The van der Waals surface area contributed by atoms with Crippen molar-refractivity contribution in [3.63, 3.8) is 0 Å². The first-order valence-corrected chi connectivity index (χ1v) is 4.57. The number of carbonyl (C=O) groups excluding carboxylic acids is 1. The zero-order valence-electron chi connectivity index (χ0n) is 7.36. The molecule has 2 nitrogen and oxygen atoms in total. The average molecular weight is 304 g/mol. The van der Waals surface area contributed by atoms with Gasteiger partial charge in [-0.1, -0.05) is 0 Å². The van der Waals surface area contributed by atoms with E-state index in [0.29, 0.717) is 0 Å². The van der Waals surface area contributed by atoms with Gasteiger partial charge in [0.05, 0.1) is 5.56 Å². The fourth-order valence-corrected chi connectivity index (χ4v) is 1.50. The molecule has 0 bridgehead atoms. The first-order valence-electron chi connectivity index (χ1n) is 3.78. The molecule has 0 fully saturated rings. The molecule has 16 heavy (non-hydrogen) atoms. The van der Waals surface area contributed by atoms with Crippen LogP contribution in [0.3, 0.4) is 0 Å². The van der Waals surface area contributed by atoms with E-state index < -0.39 is 34.0 Å². The Morgan fingerprint density at radius 3 is 2.31 bits per heavy atom. The van der Waals surface area contributed by atoms with Crippen molar-refractivity contribution in [1.29, 1.82) is 0 Å². The molecule has 0 atom stereocenters. The van der Waals surface area contributed by atoms with Crippen LogP contribution in [0.2, 0.25) is 0 Å². The minimum atomic E-state index is -4.84. The Labute approximate surface area is 94.6 Å². The lowest BCUT2D eigenvalue weighted by atomic mass is 10.1. The van der Waals surface area contributed by atoms with Gasteiger partial charge in [-0.2, -0.15) is 13.2 Å². The van der Waals surface area contributed by atoms with Crippen LogP contribution in [-0.2, 0) is 6.18 Å². The smallest absolute Gasteiger partial charge is 0.298 e. The van der Waals surface area contributed by atoms with Crippen molar-refractivity contribution in [2.75, 3.05) is 0 Å². The van der Waals surface area contributed by atoms with Crippen LogP contribution in [-0.4, -0.2) is 11.3 Å². The van der Waals surface area contributed by atoms with E-state index in [1.807, 2.05) is 0 Å². The molecule has 1 aromatic heterocycles. The van der Waals surface area contributed by atoms with Gasteiger partial charge in [0.15, 0.2) is 6.29 Å². The zero-order valence-corrected chi connectivity index (χ0v) is 8.94. The molecule has 0 N–H and O–H groups in total. The third kappa shape index (κ3) is 2.55. The van der Waals surface area contributed by atoms with Crippen LogP contribution < -0.4 is 0 Å². The van der Waals surface area contributed by atoms with Gasteiger partial charge in [-0.25, -0.2) is 13.8 Å². The predicted octanol–water partition coefficient (Wildman–Crippen LogP) is 3.61. The second-order valence-electron chi connectivity index (χ2n) is 2.72. The van der Waals surface area contributed by atoms with Crippen molar-refractivity contribution in [3.05, 3.63) is 27.5 Å². The zero-order chi connectivity index (χ0) is 12.5. The second kappa shape index (κ2) is 4.44. The molecule has 0 spiro atoms. The van der Waals surface area contributed by atoms with Gasteiger partial charge < -0.3 is 0 Å². The van der Waals surface area contributed by atoms with Gasteiger partial charge in [0.1, 0.15) is 10.3 Å². The molecule has 0 amide bonds. The fourth-order valence-electron chi connectivity index (χ4n) is 0.985. The van der Waals surface area contributed by atoms with E-state index in [4.69, 9.17) is 0 Å². The average Bonchev–Trinajstić information content (AvgIpc) is 2.14. The standard InChI is InChI=1S/C8H3BrF5NO/c9-6-4(2-16)3(7(10)11)1-5(15-6)8(12,13)14/h1-2,7H. The highest BCUT2D eigenvalue weighted by Gasteiger charge is 2.35. The molecule has 1 rings (SSSR count). The molecule has 0 saturated carbocycles. The number of carbonyl (C=O) groups is 1. The lowest BCUT2D eigenvalue weighted by molar-refractivity contribution is -0.141. The van der Waals surface area contributed by atoms with Gasteiger partial charge in [0.2, 0.25) is 0 Å². The minimum Gasteiger partial charge on any atom is -0.298 e. The highest BCUT2D eigenvalue weighted by molar-refractivity contribution is 9.10. The van der Waals surface area contributed by atoms with Crippen LogP contribution in [0.5, 0.6) is 0 Å². The Bertz CT molecular complexity index is 418. The van der Waals surface area contributed by atoms with Gasteiger partial charge in [-0.05, 0) is 22.0 Å². The highest BCUT2D eigenvalue weighted by atomic mass is 79.9. The van der Waals surface area contributed by atoms with Crippen molar-refractivity contribution in [2.45, 2.75) is 12.6 Å². The molecule has 1 heterocycles. The SMILES string of the molecule is O=Cc1c(C(F)F)cc(C(F)(F)F)nc1Br. The number of pyridine rings is 1. The molecule has 0 saturated heterocycles. The molecule has 0 aliphatic heterocycles. The molecule has 0 unspecified atom stereocenters. The summed E-state index contributed by atoms with van der Waals surface area (Å²) < 4.78 is 60.9. The van der Waals surface area contributed by atoms with E-state index in [1.54, 1.807) is 0 Å².